The van der Waals surface area contributed by atoms with Gasteiger partial charge in [-0.1, -0.05) is 11.6 Å². The Morgan fingerprint density at radius 2 is 2.05 bits per heavy atom. The van der Waals surface area contributed by atoms with E-state index in [1.165, 1.54) is 0 Å². The van der Waals surface area contributed by atoms with Crippen LogP contribution in [0.2, 0.25) is 0 Å². The third kappa shape index (κ3) is 2.84. The van der Waals surface area contributed by atoms with Crippen LogP contribution in [0.4, 0.5) is 0 Å². The smallest absolute Gasteiger partial charge is 0.352 e. The Hall–Kier alpha value is -2.10. The van der Waals surface area contributed by atoms with Crippen molar-refractivity contribution >= 4 is 22.7 Å². The molecule has 2 N–H and O–H groups in total. The van der Waals surface area contributed by atoms with E-state index >= 15 is 0 Å². The fourth-order valence-corrected chi connectivity index (χ4v) is 2.32. The first-order valence-corrected chi connectivity index (χ1v) is 6.33. The monoisotopic (exact) mass is 259 g/mol. The Morgan fingerprint density at radius 1 is 1.32 bits per heavy atom. The van der Waals surface area contributed by atoms with Gasteiger partial charge in [0.05, 0.1) is 0 Å². The highest BCUT2D eigenvalue weighted by atomic mass is 16.4. The fraction of sp³-hybridized carbons (Fsp3) is 0.333. The van der Waals surface area contributed by atoms with E-state index in [1.54, 1.807) is 6.92 Å². The third-order valence-corrected chi connectivity index (χ3v) is 3.23. The minimum absolute atomic E-state index is 0.132. The molecule has 0 fully saturated rings. The lowest BCUT2D eigenvalue weighted by Crippen LogP contribution is -2.02. The normalized spacial score (nSPS) is 10.8. The number of carboxylic acids is 1. The van der Waals surface area contributed by atoms with Crippen LogP contribution >= 0.6 is 0 Å². The molecule has 0 aliphatic rings. The van der Waals surface area contributed by atoms with Crippen LogP contribution in [0.3, 0.4) is 0 Å². The molecular formula is C15H17NO3. The highest BCUT2D eigenvalue weighted by molar-refractivity contribution is 5.97. The summed E-state index contributed by atoms with van der Waals surface area (Å²) >= 11 is 0. The predicted octanol–water partition coefficient (Wildman–Crippen LogP) is 3.09. The lowest BCUT2D eigenvalue weighted by Gasteiger charge is -2.01. The second kappa shape index (κ2) is 5.26. The number of aromatic carboxylic acids is 1. The van der Waals surface area contributed by atoms with E-state index in [0.29, 0.717) is 19.3 Å². The lowest BCUT2D eigenvalue weighted by atomic mass is 10.0. The molecule has 0 spiro atoms. The highest BCUT2D eigenvalue weighted by Crippen LogP contribution is 2.25. The number of carbonyl (C=O) groups is 2. The molecular weight excluding hydrogens is 242 g/mol. The third-order valence-electron chi connectivity index (χ3n) is 3.23. The van der Waals surface area contributed by atoms with E-state index in [4.69, 9.17) is 0 Å². The average Bonchev–Trinajstić information content (AvgIpc) is 2.67. The number of rotatable bonds is 5. The van der Waals surface area contributed by atoms with E-state index in [0.717, 1.165) is 22.0 Å². The van der Waals surface area contributed by atoms with Crippen molar-refractivity contribution in [3.63, 3.8) is 0 Å². The average molecular weight is 259 g/mol. The first-order chi connectivity index (χ1) is 8.99. The van der Waals surface area contributed by atoms with Gasteiger partial charge in [0.2, 0.25) is 0 Å². The Labute approximate surface area is 111 Å². The van der Waals surface area contributed by atoms with Gasteiger partial charge < -0.3 is 14.9 Å². The minimum Gasteiger partial charge on any atom is -0.477 e. The molecule has 0 saturated carbocycles. The van der Waals surface area contributed by atoms with Gasteiger partial charge in [0.1, 0.15) is 11.5 Å². The summed E-state index contributed by atoms with van der Waals surface area (Å²) in [6, 6.07) is 5.83. The molecule has 1 aromatic heterocycles. The van der Waals surface area contributed by atoms with Crippen LogP contribution in [0.1, 0.15) is 41.4 Å². The second-order valence-electron chi connectivity index (χ2n) is 4.89. The van der Waals surface area contributed by atoms with Crippen LogP contribution in [-0.2, 0) is 11.2 Å². The Morgan fingerprint density at radius 3 is 2.68 bits per heavy atom. The SMILES string of the molecule is CC(=O)CCCc1c(C(=O)O)[nH]c2ccc(C)cc12. The first-order valence-electron chi connectivity index (χ1n) is 6.33. The number of hydrogen-bond donors (Lipinski definition) is 2. The molecule has 0 saturated heterocycles. The molecule has 0 aliphatic heterocycles. The van der Waals surface area contributed by atoms with E-state index in [1.807, 2.05) is 25.1 Å². The molecule has 4 heteroatoms. The van der Waals surface area contributed by atoms with E-state index in [-0.39, 0.29) is 11.5 Å². The van der Waals surface area contributed by atoms with Crippen molar-refractivity contribution in [3.8, 4) is 0 Å². The van der Waals surface area contributed by atoms with Crippen LogP contribution in [0.15, 0.2) is 18.2 Å². The van der Waals surface area contributed by atoms with Crippen molar-refractivity contribution < 1.29 is 14.7 Å². The van der Waals surface area contributed by atoms with Gasteiger partial charge in [0.25, 0.3) is 0 Å². The van der Waals surface area contributed by atoms with Gasteiger partial charge in [-0.05, 0) is 44.4 Å². The number of aryl methyl sites for hydroxylation is 2. The number of carboxylic acid groups (broad SMARTS) is 1. The Bertz CT molecular complexity index is 640. The Balaban J connectivity index is 2.42. The molecule has 0 bridgehead atoms. The van der Waals surface area contributed by atoms with Gasteiger partial charge in [0.15, 0.2) is 0 Å². The van der Waals surface area contributed by atoms with Gasteiger partial charge in [0, 0.05) is 17.3 Å². The summed E-state index contributed by atoms with van der Waals surface area (Å²) in [5.74, 6) is -0.820. The molecule has 2 rings (SSSR count). The number of aromatic nitrogens is 1. The molecule has 1 heterocycles. The molecule has 19 heavy (non-hydrogen) atoms. The second-order valence-corrected chi connectivity index (χ2v) is 4.89. The summed E-state index contributed by atoms with van der Waals surface area (Å²) in [5, 5.41) is 10.2. The van der Waals surface area contributed by atoms with Gasteiger partial charge in [-0.2, -0.15) is 0 Å². The first kappa shape index (κ1) is 13.3. The quantitative estimate of drug-likeness (QED) is 0.866. The van der Waals surface area contributed by atoms with Gasteiger partial charge in [-0.25, -0.2) is 4.79 Å². The molecule has 1 aromatic carbocycles. The lowest BCUT2D eigenvalue weighted by molar-refractivity contribution is -0.117. The van der Waals surface area contributed by atoms with Crippen LogP contribution in [0, 0.1) is 6.92 Å². The summed E-state index contributed by atoms with van der Waals surface area (Å²) in [4.78, 5) is 25.2. The molecule has 0 unspecified atom stereocenters. The molecule has 0 aliphatic carbocycles. The van der Waals surface area contributed by atoms with Crippen molar-refractivity contribution in [1.82, 2.24) is 4.98 Å². The van der Waals surface area contributed by atoms with Gasteiger partial charge in [-0.3, -0.25) is 0 Å². The number of benzene rings is 1. The number of nitrogens with one attached hydrogen (secondary N) is 1. The van der Waals surface area contributed by atoms with Gasteiger partial charge in [-0.15, -0.1) is 0 Å². The van der Waals surface area contributed by atoms with Crippen molar-refractivity contribution in [2.24, 2.45) is 0 Å². The number of carbonyl (C=O) groups excluding carboxylic acids is 1. The van der Waals surface area contributed by atoms with E-state index in [2.05, 4.69) is 4.98 Å². The number of H-pyrrole nitrogens is 1. The van der Waals surface area contributed by atoms with Crippen molar-refractivity contribution in [2.45, 2.75) is 33.1 Å². The van der Waals surface area contributed by atoms with E-state index < -0.39 is 5.97 Å². The van der Waals surface area contributed by atoms with E-state index in [9.17, 15) is 14.7 Å². The molecule has 4 nitrogen and oxygen atoms in total. The van der Waals surface area contributed by atoms with Crippen LogP contribution in [0.25, 0.3) is 10.9 Å². The van der Waals surface area contributed by atoms with Crippen LogP contribution < -0.4 is 0 Å². The minimum atomic E-state index is -0.952. The van der Waals surface area contributed by atoms with Crippen molar-refractivity contribution in [2.75, 3.05) is 0 Å². The topological polar surface area (TPSA) is 70.2 Å². The zero-order chi connectivity index (χ0) is 14.0. The molecule has 0 atom stereocenters. The Kier molecular flexibility index (Phi) is 3.69. The standard InChI is InChI=1S/C15H17NO3/c1-9-6-7-13-12(8-9)11(5-3-4-10(2)17)14(16-13)15(18)19/h6-8,16H,3-5H2,1-2H3,(H,18,19). The zero-order valence-electron chi connectivity index (χ0n) is 11.1. The van der Waals surface area contributed by atoms with Crippen molar-refractivity contribution in [1.29, 1.82) is 0 Å². The summed E-state index contributed by atoms with van der Waals surface area (Å²) < 4.78 is 0. The zero-order valence-corrected chi connectivity index (χ0v) is 11.1. The van der Waals surface area contributed by atoms with Crippen molar-refractivity contribution in [3.05, 3.63) is 35.0 Å². The summed E-state index contributed by atoms with van der Waals surface area (Å²) in [6.07, 6.45) is 1.76. The van der Waals surface area contributed by atoms with Crippen LogP contribution in [0.5, 0.6) is 0 Å². The maximum atomic E-state index is 11.3. The summed E-state index contributed by atoms with van der Waals surface area (Å²) in [6.45, 7) is 3.53. The molecule has 0 radical (unpaired) electrons. The van der Waals surface area contributed by atoms with Gasteiger partial charge >= 0.3 is 5.97 Å². The fourth-order valence-electron chi connectivity index (χ4n) is 2.32. The number of hydrogen-bond acceptors (Lipinski definition) is 2. The molecule has 2 aromatic rings. The summed E-state index contributed by atoms with van der Waals surface area (Å²) in [7, 11) is 0. The number of aromatic amines is 1. The number of fused-ring (bicyclic) bond motifs is 1. The maximum Gasteiger partial charge on any atom is 0.352 e. The predicted molar refractivity (Wildman–Crippen MR) is 73.6 cm³/mol. The highest BCUT2D eigenvalue weighted by Gasteiger charge is 2.16. The number of ketones is 1. The molecule has 100 valence electrons. The number of Topliss-reactive ketones (excluding diaryl/α,β-unsaturated/α-hetero) is 1. The maximum absolute atomic E-state index is 11.3. The van der Waals surface area contributed by atoms with Crippen LogP contribution in [-0.4, -0.2) is 21.8 Å². The molecule has 0 amide bonds. The largest absolute Gasteiger partial charge is 0.477 e. The summed E-state index contributed by atoms with van der Waals surface area (Å²) in [5.41, 5.74) is 2.97.